The minimum Gasteiger partial charge on any atom is -0.341 e. The van der Waals surface area contributed by atoms with E-state index in [-0.39, 0.29) is 17.7 Å². The number of carbonyl (C=O) groups excluding carboxylic acids is 1. The second-order valence-electron chi connectivity index (χ2n) is 5.13. The SMILES string of the molecule is Cn1ccnc1[C@H](NC(=O)CSc1ncccn1)c1ccccc1. The van der Waals surface area contributed by atoms with Crippen molar-refractivity contribution in [2.24, 2.45) is 7.05 Å². The highest BCUT2D eigenvalue weighted by atomic mass is 32.2. The number of hydrogen-bond donors (Lipinski definition) is 1. The topological polar surface area (TPSA) is 72.7 Å². The van der Waals surface area contributed by atoms with Crippen LogP contribution in [-0.2, 0) is 11.8 Å². The molecular weight excluding hydrogens is 322 g/mol. The summed E-state index contributed by atoms with van der Waals surface area (Å²) in [7, 11) is 1.91. The Morgan fingerprint density at radius 2 is 1.88 bits per heavy atom. The summed E-state index contributed by atoms with van der Waals surface area (Å²) >= 11 is 1.31. The molecule has 0 aliphatic heterocycles. The maximum atomic E-state index is 12.4. The van der Waals surface area contributed by atoms with E-state index in [1.165, 1.54) is 11.8 Å². The number of benzene rings is 1. The third kappa shape index (κ3) is 3.99. The highest BCUT2D eigenvalue weighted by Gasteiger charge is 2.20. The Bertz CT molecular complexity index is 791. The molecule has 0 spiro atoms. The summed E-state index contributed by atoms with van der Waals surface area (Å²) in [5.74, 6) is 0.942. The van der Waals surface area contributed by atoms with Gasteiger partial charge in [-0.15, -0.1) is 0 Å². The fourth-order valence-electron chi connectivity index (χ4n) is 2.29. The lowest BCUT2D eigenvalue weighted by atomic mass is 10.1. The summed E-state index contributed by atoms with van der Waals surface area (Å²) in [6.07, 6.45) is 6.91. The number of thioether (sulfide) groups is 1. The van der Waals surface area contributed by atoms with E-state index in [0.717, 1.165) is 11.4 Å². The second kappa shape index (κ2) is 7.74. The van der Waals surface area contributed by atoms with Crippen molar-refractivity contribution in [2.45, 2.75) is 11.2 Å². The Balaban J connectivity index is 1.72. The van der Waals surface area contributed by atoms with Gasteiger partial charge < -0.3 is 9.88 Å². The van der Waals surface area contributed by atoms with Gasteiger partial charge in [0, 0.05) is 31.8 Å². The molecule has 0 unspecified atom stereocenters. The first kappa shape index (κ1) is 16.2. The Kier molecular flexibility index (Phi) is 5.22. The number of rotatable bonds is 6. The number of nitrogens with zero attached hydrogens (tertiary/aromatic N) is 4. The van der Waals surface area contributed by atoms with Gasteiger partial charge in [0.2, 0.25) is 5.91 Å². The van der Waals surface area contributed by atoms with Gasteiger partial charge in [0.05, 0.1) is 5.75 Å². The zero-order valence-corrected chi connectivity index (χ0v) is 14.0. The molecule has 3 aromatic rings. The molecule has 0 saturated carbocycles. The smallest absolute Gasteiger partial charge is 0.231 e. The first-order chi connectivity index (χ1) is 11.7. The fourth-order valence-corrected chi connectivity index (χ4v) is 2.90. The first-order valence-electron chi connectivity index (χ1n) is 7.45. The van der Waals surface area contributed by atoms with E-state index in [0.29, 0.717) is 5.16 Å². The number of carbonyl (C=O) groups is 1. The number of imidazole rings is 1. The monoisotopic (exact) mass is 339 g/mol. The number of aryl methyl sites for hydroxylation is 1. The van der Waals surface area contributed by atoms with Crippen LogP contribution in [-0.4, -0.2) is 31.2 Å². The third-order valence-electron chi connectivity index (χ3n) is 3.43. The van der Waals surface area contributed by atoms with Crippen LogP contribution in [0.1, 0.15) is 17.4 Å². The van der Waals surface area contributed by atoms with Gasteiger partial charge >= 0.3 is 0 Å². The van der Waals surface area contributed by atoms with Crippen LogP contribution >= 0.6 is 11.8 Å². The summed E-state index contributed by atoms with van der Waals surface area (Å²) in [6, 6.07) is 11.3. The van der Waals surface area contributed by atoms with Gasteiger partial charge in [0.1, 0.15) is 11.9 Å². The average Bonchev–Trinajstić information content (AvgIpc) is 3.05. The average molecular weight is 339 g/mol. The van der Waals surface area contributed by atoms with Gasteiger partial charge in [-0.2, -0.15) is 0 Å². The van der Waals surface area contributed by atoms with Gasteiger partial charge in [0.25, 0.3) is 0 Å². The van der Waals surface area contributed by atoms with Crippen molar-refractivity contribution < 1.29 is 4.79 Å². The van der Waals surface area contributed by atoms with Gasteiger partial charge in [-0.25, -0.2) is 15.0 Å². The van der Waals surface area contributed by atoms with Crippen LogP contribution in [0.4, 0.5) is 0 Å². The molecule has 0 bridgehead atoms. The van der Waals surface area contributed by atoms with E-state index in [4.69, 9.17) is 0 Å². The third-order valence-corrected chi connectivity index (χ3v) is 4.30. The van der Waals surface area contributed by atoms with Crippen molar-refractivity contribution in [2.75, 3.05) is 5.75 Å². The van der Waals surface area contributed by atoms with E-state index in [1.807, 2.05) is 48.1 Å². The summed E-state index contributed by atoms with van der Waals surface area (Å²) in [6.45, 7) is 0. The van der Waals surface area contributed by atoms with Crippen molar-refractivity contribution in [1.29, 1.82) is 0 Å². The minimum absolute atomic E-state index is 0.0932. The highest BCUT2D eigenvalue weighted by Crippen LogP contribution is 2.20. The highest BCUT2D eigenvalue weighted by molar-refractivity contribution is 7.99. The normalized spacial score (nSPS) is 11.9. The van der Waals surface area contributed by atoms with Gasteiger partial charge in [-0.1, -0.05) is 42.1 Å². The van der Waals surface area contributed by atoms with Gasteiger partial charge in [-0.3, -0.25) is 4.79 Å². The molecule has 7 heteroatoms. The van der Waals surface area contributed by atoms with E-state index >= 15 is 0 Å². The van der Waals surface area contributed by atoms with Crippen molar-refractivity contribution in [3.8, 4) is 0 Å². The molecule has 0 saturated heterocycles. The van der Waals surface area contributed by atoms with Gasteiger partial charge in [-0.05, 0) is 11.6 Å². The Hall–Kier alpha value is -2.67. The number of hydrogen-bond acceptors (Lipinski definition) is 5. The minimum atomic E-state index is -0.295. The van der Waals surface area contributed by atoms with Crippen LogP contribution < -0.4 is 5.32 Å². The molecule has 1 N–H and O–H groups in total. The van der Waals surface area contributed by atoms with Crippen LogP contribution in [0.5, 0.6) is 0 Å². The van der Waals surface area contributed by atoms with Crippen molar-refractivity contribution >= 4 is 17.7 Å². The number of nitrogens with one attached hydrogen (secondary N) is 1. The zero-order chi connectivity index (χ0) is 16.8. The van der Waals surface area contributed by atoms with Crippen LogP contribution in [0.3, 0.4) is 0 Å². The lowest BCUT2D eigenvalue weighted by Gasteiger charge is -2.19. The molecule has 6 nitrogen and oxygen atoms in total. The van der Waals surface area contributed by atoms with E-state index in [9.17, 15) is 4.79 Å². The molecule has 1 aromatic carbocycles. The molecule has 2 heterocycles. The maximum Gasteiger partial charge on any atom is 0.231 e. The molecule has 0 radical (unpaired) electrons. The lowest BCUT2D eigenvalue weighted by molar-refractivity contribution is -0.119. The van der Waals surface area contributed by atoms with Gasteiger partial charge in [0.15, 0.2) is 5.16 Å². The molecule has 3 rings (SSSR count). The molecular formula is C17H17N5OS. The largest absolute Gasteiger partial charge is 0.341 e. The van der Waals surface area contributed by atoms with Crippen LogP contribution in [0.25, 0.3) is 0 Å². The molecule has 122 valence electrons. The van der Waals surface area contributed by atoms with Crippen LogP contribution in [0.15, 0.2) is 66.3 Å². The Morgan fingerprint density at radius 3 is 2.54 bits per heavy atom. The fraction of sp³-hybridized carbons (Fsp3) is 0.176. The molecule has 0 fully saturated rings. The van der Waals surface area contributed by atoms with E-state index in [2.05, 4.69) is 20.3 Å². The molecule has 2 aromatic heterocycles. The van der Waals surface area contributed by atoms with E-state index < -0.39 is 0 Å². The van der Waals surface area contributed by atoms with Crippen LogP contribution in [0.2, 0.25) is 0 Å². The Labute approximate surface area is 144 Å². The maximum absolute atomic E-state index is 12.4. The summed E-state index contributed by atoms with van der Waals surface area (Å²) in [5.41, 5.74) is 0.987. The number of aromatic nitrogens is 4. The summed E-state index contributed by atoms with van der Waals surface area (Å²) in [4.78, 5) is 25.0. The van der Waals surface area contributed by atoms with Crippen molar-refractivity contribution in [3.05, 3.63) is 72.6 Å². The predicted octanol–water partition coefficient (Wildman–Crippen LogP) is 2.21. The molecule has 0 aliphatic rings. The lowest BCUT2D eigenvalue weighted by Crippen LogP contribution is -2.32. The van der Waals surface area contributed by atoms with E-state index in [1.54, 1.807) is 24.7 Å². The summed E-state index contributed by atoms with van der Waals surface area (Å²) < 4.78 is 1.91. The summed E-state index contributed by atoms with van der Waals surface area (Å²) in [5, 5.41) is 3.63. The van der Waals surface area contributed by atoms with Crippen molar-refractivity contribution in [1.82, 2.24) is 24.8 Å². The molecule has 24 heavy (non-hydrogen) atoms. The van der Waals surface area contributed by atoms with Crippen LogP contribution in [0, 0.1) is 0 Å². The second-order valence-corrected chi connectivity index (χ2v) is 6.07. The number of amides is 1. The Morgan fingerprint density at radius 1 is 1.12 bits per heavy atom. The molecule has 0 aliphatic carbocycles. The quantitative estimate of drug-likeness (QED) is 0.551. The molecule has 1 amide bonds. The predicted molar refractivity (Wildman–Crippen MR) is 92.4 cm³/mol. The first-order valence-corrected chi connectivity index (χ1v) is 8.44. The van der Waals surface area contributed by atoms with Crippen molar-refractivity contribution in [3.63, 3.8) is 0 Å². The standard InChI is InChI=1S/C17H17N5OS/c1-22-11-10-18-16(22)15(13-6-3-2-4-7-13)21-14(23)12-24-17-19-8-5-9-20-17/h2-11,15H,12H2,1H3,(H,21,23)/t15-/m1/s1. The molecule has 1 atom stereocenters. The zero-order valence-electron chi connectivity index (χ0n) is 13.2.